The number of amides is 2. The number of carbonyl (C=O) groups is 3. The molecule has 1 aromatic heterocycles. The minimum Gasteiger partial charge on any atom is -0.462 e. The first kappa shape index (κ1) is 30.1. The standard InChI is InChI=1S/C33H32N4O4S2/c1-3-41-33(40)29-23-16-10-11-17-25(23)43-32(29)37-26(38)19-42-31-24(18-34)28(21-12-6-4-7-13-21)27(20(2)35-31)30(39)36-22-14-8-5-9-15-22/h4-9,12-15,28,35H,3,10-11,16-17,19H2,1-2H3,(H,36,39)(H,37,38)/t28-/m0/s1. The Bertz CT molecular complexity index is 1640. The summed E-state index contributed by atoms with van der Waals surface area (Å²) in [6.07, 6.45) is 3.72. The van der Waals surface area contributed by atoms with Crippen LogP contribution in [0.1, 0.15) is 59.0 Å². The average Bonchev–Trinajstić information content (AvgIpc) is 3.38. The number of esters is 1. The van der Waals surface area contributed by atoms with Crippen molar-refractivity contribution in [3.05, 3.63) is 104 Å². The molecule has 0 saturated heterocycles. The summed E-state index contributed by atoms with van der Waals surface area (Å²) in [5.41, 5.74) is 4.27. The van der Waals surface area contributed by atoms with Crippen molar-refractivity contribution in [3.63, 3.8) is 0 Å². The molecule has 0 unspecified atom stereocenters. The van der Waals surface area contributed by atoms with Gasteiger partial charge in [-0.1, -0.05) is 60.3 Å². The van der Waals surface area contributed by atoms with E-state index in [2.05, 4.69) is 22.0 Å². The van der Waals surface area contributed by atoms with Gasteiger partial charge in [0.05, 0.1) is 40.5 Å². The first-order chi connectivity index (χ1) is 20.9. The van der Waals surface area contributed by atoms with Crippen molar-refractivity contribution >= 4 is 51.6 Å². The predicted molar refractivity (Wildman–Crippen MR) is 171 cm³/mol. The number of para-hydroxylation sites is 1. The van der Waals surface area contributed by atoms with E-state index >= 15 is 0 Å². The highest BCUT2D eigenvalue weighted by molar-refractivity contribution is 8.03. The number of hydrogen-bond acceptors (Lipinski definition) is 8. The van der Waals surface area contributed by atoms with E-state index in [1.165, 1.54) is 23.1 Å². The lowest BCUT2D eigenvalue weighted by molar-refractivity contribution is -0.114. The summed E-state index contributed by atoms with van der Waals surface area (Å²) in [6, 6.07) is 20.9. The van der Waals surface area contributed by atoms with Gasteiger partial charge in [0, 0.05) is 21.8 Å². The first-order valence-electron chi connectivity index (χ1n) is 14.2. The number of anilines is 2. The largest absolute Gasteiger partial charge is 0.462 e. The SMILES string of the molecule is CCOC(=O)c1c(NC(=O)CSC2=C(C#N)[C@H](c3ccccc3)C(C(=O)Nc3ccccc3)=C(C)N2)sc2c1CCCC2. The maximum Gasteiger partial charge on any atom is 0.341 e. The molecule has 43 heavy (non-hydrogen) atoms. The van der Waals surface area contributed by atoms with Crippen molar-refractivity contribution in [2.24, 2.45) is 0 Å². The molecular formula is C33H32N4O4S2. The van der Waals surface area contributed by atoms with Crippen LogP contribution in [-0.2, 0) is 27.2 Å². The topological polar surface area (TPSA) is 120 Å². The van der Waals surface area contributed by atoms with Gasteiger partial charge >= 0.3 is 5.97 Å². The molecule has 3 aromatic rings. The summed E-state index contributed by atoms with van der Waals surface area (Å²) in [7, 11) is 0. The Balaban J connectivity index is 1.39. The molecular weight excluding hydrogens is 581 g/mol. The number of aryl methyl sites for hydroxylation is 1. The molecule has 0 radical (unpaired) electrons. The number of benzene rings is 2. The van der Waals surface area contributed by atoms with E-state index < -0.39 is 11.9 Å². The molecule has 0 saturated carbocycles. The number of allylic oxidation sites excluding steroid dienone is 2. The van der Waals surface area contributed by atoms with Crippen LogP contribution in [0.5, 0.6) is 0 Å². The molecule has 2 aliphatic rings. The highest BCUT2D eigenvalue weighted by atomic mass is 32.2. The van der Waals surface area contributed by atoms with Crippen LogP contribution in [0.2, 0.25) is 0 Å². The molecule has 10 heteroatoms. The Kier molecular flexibility index (Phi) is 9.65. The van der Waals surface area contributed by atoms with Gasteiger partial charge in [-0.25, -0.2) is 4.79 Å². The van der Waals surface area contributed by atoms with Gasteiger partial charge in [-0.3, -0.25) is 9.59 Å². The highest BCUT2D eigenvalue weighted by Gasteiger charge is 2.35. The number of nitrogens with one attached hydrogen (secondary N) is 3. The Labute approximate surface area is 259 Å². The lowest BCUT2D eigenvalue weighted by Crippen LogP contribution is -2.31. The fraction of sp³-hybridized carbons (Fsp3) is 0.273. The average molecular weight is 613 g/mol. The third-order valence-electron chi connectivity index (χ3n) is 7.31. The number of thiophene rings is 1. The summed E-state index contributed by atoms with van der Waals surface area (Å²) in [5, 5.41) is 20.5. The van der Waals surface area contributed by atoms with Gasteiger partial charge in [-0.15, -0.1) is 11.3 Å². The van der Waals surface area contributed by atoms with Gasteiger partial charge in [0.2, 0.25) is 5.91 Å². The number of nitriles is 1. The van der Waals surface area contributed by atoms with Gasteiger partial charge in [-0.2, -0.15) is 5.26 Å². The van der Waals surface area contributed by atoms with Crippen LogP contribution in [0.25, 0.3) is 0 Å². The van der Waals surface area contributed by atoms with Crippen molar-refractivity contribution in [1.82, 2.24) is 5.32 Å². The quantitative estimate of drug-likeness (QED) is 0.236. The van der Waals surface area contributed by atoms with E-state index in [0.29, 0.717) is 38.1 Å². The van der Waals surface area contributed by atoms with E-state index in [1.807, 2.05) is 48.5 Å². The summed E-state index contributed by atoms with van der Waals surface area (Å²) in [6.45, 7) is 3.82. The smallest absolute Gasteiger partial charge is 0.341 e. The van der Waals surface area contributed by atoms with E-state index in [9.17, 15) is 19.6 Å². The fourth-order valence-electron chi connectivity index (χ4n) is 5.40. The summed E-state index contributed by atoms with van der Waals surface area (Å²) in [5.74, 6) is -1.65. The number of nitrogens with zero attached hydrogens (tertiary/aromatic N) is 1. The summed E-state index contributed by atoms with van der Waals surface area (Å²) < 4.78 is 5.31. The zero-order valence-electron chi connectivity index (χ0n) is 24.0. The van der Waals surface area contributed by atoms with Crippen molar-refractivity contribution in [1.29, 1.82) is 5.26 Å². The maximum absolute atomic E-state index is 13.6. The van der Waals surface area contributed by atoms with Crippen LogP contribution in [0, 0.1) is 11.3 Å². The molecule has 1 aliphatic carbocycles. The highest BCUT2D eigenvalue weighted by Crippen LogP contribution is 2.42. The first-order valence-corrected chi connectivity index (χ1v) is 16.0. The Hall–Kier alpha value is -4.33. The van der Waals surface area contributed by atoms with E-state index in [4.69, 9.17) is 4.74 Å². The van der Waals surface area contributed by atoms with Crippen molar-refractivity contribution in [2.75, 3.05) is 23.0 Å². The third kappa shape index (κ3) is 6.69. The second-order valence-corrected chi connectivity index (χ2v) is 12.2. The molecule has 5 rings (SSSR count). The van der Waals surface area contributed by atoms with E-state index in [0.717, 1.165) is 41.7 Å². The molecule has 0 fully saturated rings. The third-order valence-corrected chi connectivity index (χ3v) is 9.53. The van der Waals surface area contributed by atoms with E-state index in [1.54, 1.807) is 26.0 Å². The summed E-state index contributed by atoms with van der Waals surface area (Å²) in [4.78, 5) is 40.7. The van der Waals surface area contributed by atoms with Gasteiger partial charge in [0.25, 0.3) is 5.91 Å². The number of dihydropyridines is 1. The van der Waals surface area contributed by atoms with Gasteiger partial charge < -0.3 is 20.7 Å². The van der Waals surface area contributed by atoms with Crippen LogP contribution in [0.4, 0.5) is 10.7 Å². The van der Waals surface area contributed by atoms with Crippen LogP contribution < -0.4 is 16.0 Å². The number of thioether (sulfide) groups is 1. The van der Waals surface area contributed by atoms with Crippen LogP contribution in [0.3, 0.4) is 0 Å². The molecule has 220 valence electrons. The normalized spacial score (nSPS) is 16.1. The van der Waals surface area contributed by atoms with Crippen LogP contribution in [-0.4, -0.2) is 30.1 Å². The van der Waals surface area contributed by atoms with Gasteiger partial charge in [0.1, 0.15) is 5.00 Å². The Morgan fingerprint density at radius 2 is 1.74 bits per heavy atom. The van der Waals surface area contributed by atoms with Crippen molar-refractivity contribution in [2.45, 2.75) is 45.4 Å². The number of fused-ring (bicyclic) bond motifs is 1. The number of hydrogen-bond donors (Lipinski definition) is 3. The van der Waals surface area contributed by atoms with Crippen LogP contribution in [0.15, 0.2) is 82.5 Å². The molecule has 3 N–H and O–H groups in total. The molecule has 0 bridgehead atoms. The van der Waals surface area contributed by atoms with Gasteiger partial charge in [-0.05, 0) is 62.8 Å². The van der Waals surface area contributed by atoms with Crippen LogP contribution >= 0.6 is 23.1 Å². The lowest BCUT2D eigenvalue weighted by Gasteiger charge is -2.29. The Morgan fingerprint density at radius 3 is 2.44 bits per heavy atom. The second kappa shape index (κ2) is 13.8. The molecule has 0 spiro atoms. The molecule has 1 aliphatic heterocycles. The second-order valence-electron chi connectivity index (χ2n) is 10.2. The Morgan fingerprint density at radius 1 is 1.05 bits per heavy atom. The zero-order valence-corrected chi connectivity index (χ0v) is 25.6. The molecule has 2 aromatic carbocycles. The molecule has 2 heterocycles. The molecule has 2 amide bonds. The van der Waals surface area contributed by atoms with Crippen molar-refractivity contribution < 1.29 is 19.1 Å². The maximum atomic E-state index is 13.6. The lowest BCUT2D eigenvalue weighted by atomic mass is 9.82. The minimum absolute atomic E-state index is 0.00131. The number of carbonyl (C=O) groups excluding carboxylic acids is 3. The fourth-order valence-corrected chi connectivity index (χ4v) is 7.59. The molecule has 8 nitrogen and oxygen atoms in total. The van der Waals surface area contributed by atoms with E-state index in [-0.39, 0.29) is 24.2 Å². The van der Waals surface area contributed by atoms with Gasteiger partial charge in [0.15, 0.2) is 0 Å². The predicted octanol–water partition coefficient (Wildman–Crippen LogP) is 6.51. The minimum atomic E-state index is -0.624. The zero-order chi connectivity index (χ0) is 30.3. The van der Waals surface area contributed by atoms with Crippen molar-refractivity contribution in [3.8, 4) is 6.07 Å². The number of rotatable bonds is 9. The monoisotopic (exact) mass is 612 g/mol. The number of ether oxygens (including phenoxy) is 1. The molecule has 1 atom stereocenters. The summed E-state index contributed by atoms with van der Waals surface area (Å²) >= 11 is 2.63.